The molecule has 0 fully saturated rings. The molecule has 118 valence electrons. The standard InChI is InChI=1S/C16H19NO5/c1-2-10-21-13-8-6-12(7-9-13)16(20)22-11-4-3-5-14(17)15(18)19/h1,6-9,14H,3-5,10-11,17H2,(H,18,19). The molecule has 1 aromatic carbocycles. The second-order valence-electron chi connectivity index (χ2n) is 4.59. The quantitative estimate of drug-likeness (QED) is 0.407. The van der Waals surface area contributed by atoms with Crippen molar-refractivity contribution in [1.29, 1.82) is 0 Å². The molecule has 6 heteroatoms. The van der Waals surface area contributed by atoms with Gasteiger partial charge in [-0.1, -0.05) is 5.92 Å². The van der Waals surface area contributed by atoms with Gasteiger partial charge in [0.05, 0.1) is 12.2 Å². The van der Waals surface area contributed by atoms with Crippen LogP contribution in [0.1, 0.15) is 29.6 Å². The summed E-state index contributed by atoms with van der Waals surface area (Å²) in [5, 5.41) is 8.62. The van der Waals surface area contributed by atoms with Crippen molar-refractivity contribution in [1.82, 2.24) is 0 Å². The Morgan fingerprint density at radius 2 is 1.95 bits per heavy atom. The van der Waals surface area contributed by atoms with Crippen LogP contribution in [0.5, 0.6) is 5.75 Å². The topological polar surface area (TPSA) is 98.9 Å². The largest absolute Gasteiger partial charge is 0.481 e. The van der Waals surface area contributed by atoms with Crippen molar-refractivity contribution in [3.8, 4) is 18.1 Å². The molecule has 0 radical (unpaired) electrons. The van der Waals surface area contributed by atoms with Gasteiger partial charge in [0.15, 0.2) is 0 Å². The summed E-state index contributed by atoms with van der Waals surface area (Å²) in [6.45, 7) is 0.392. The lowest BCUT2D eigenvalue weighted by Crippen LogP contribution is -2.29. The van der Waals surface area contributed by atoms with Gasteiger partial charge in [-0.05, 0) is 43.5 Å². The smallest absolute Gasteiger partial charge is 0.338 e. The fourth-order valence-corrected chi connectivity index (χ4v) is 1.65. The monoisotopic (exact) mass is 305 g/mol. The lowest BCUT2D eigenvalue weighted by Gasteiger charge is -2.07. The van der Waals surface area contributed by atoms with Gasteiger partial charge in [0, 0.05) is 0 Å². The Balaban J connectivity index is 2.28. The Kier molecular flexibility index (Phi) is 7.51. The number of hydrogen-bond donors (Lipinski definition) is 2. The Labute approximate surface area is 129 Å². The lowest BCUT2D eigenvalue weighted by atomic mass is 10.1. The third-order valence-electron chi connectivity index (χ3n) is 2.87. The maximum Gasteiger partial charge on any atom is 0.338 e. The van der Waals surface area contributed by atoms with Gasteiger partial charge in [-0.25, -0.2) is 4.79 Å². The molecule has 22 heavy (non-hydrogen) atoms. The van der Waals surface area contributed by atoms with E-state index in [1.807, 2.05) is 0 Å². The minimum absolute atomic E-state index is 0.169. The van der Waals surface area contributed by atoms with Crippen molar-refractivity contribution in [2.45, 2.75) is 25.3 Å². The average Bonchev–Trinajstić information content (AvgIpc) is 2.52. The van der Waals surface area contributed by atoms with Crippen LogP contribution in [0, 0.1) is 12.3 Å². The highest BCUT2D eigenvalue weighted by Crippen LogP contribution is 2.13. The Morgan fingerprint density at radius 3 is 2.55 bits per heavy atom. The number of carboxylic acids is 1. The van der Waals surface area contributed by atoms with Crippen molar-refractivity contribution < 1.29 is 24.2 Å². The van der Waals surface area contributed by atoms with Crippen LogP contribution in [0.15, 0.2) is 24.3 Å². The predicted octanol–water partition coefficient (Wildman–Crippen LogP) is 1.44. The number of benzene rings is 1. The molecule has 0 saturated carbocycles. The normalized spacial score (nSPS) is 11.3. The fraction of sp³-hybridized carbons (Fsp3) is 0.375. The summed E-state index contributed by atoms with van der Waals surface area (Å²) in [7, 11) is 0. The average molecular weight is 305 g/mol. The van der Waals surface area contributed by atoms with E-state index < -0.39 is 18.0 Å². The molecule has 0 aliphatic heterocycles. The minimum Gasteiger partial charge on any atom is -0.481 e. The molecule has 0 aromatic heterocycles. The first kappa shape index (κ1) is 17.5. The van der Waals surface area contributed by atoms with E-state index in [1.54, 1.807) is 24.3 Å². The summed E-state index contributed by atoms with van der Waals surface area (Å²) in [6, 6.07) is 5.59. The zero-order valence-corrected chi connectivity index (χ0v) is 12.2. The number of esters is 1. The second kappa shape index (κ2) is 9.42. The molecule has 0 saturated heterocycles. The van der Waals surface area contributed by atoms with Crippen LogP contribution in [-0.2, 0) is 9.53 Å². The first-order chi connectivity index (χ1) is 10.5. The van der Waals surface area contributed by atoms with Crippen LogP contribution in [0.2, 0.25) is 0 Å². The molecule has 0 amide bonds. The molecule has 0 spiro atoms. The maximum absolute atomic E-state index is 11.8. The molecule has 0 aliphatic carbocycles. The highest BCUT2D eigenvalue weighted by Gasteiger charge is 2.11. The van der Waals surface area contributed by atoms with Gasteiger partial charge < -0.3 is 20.3 Å². The molecular formula is C16H19NO5. The highest BCUT2D eigenvalue weighted by molar-refractivity contribution is 5.89. The summed E-state index contributed by atoms with van der Waals surface area (Å²) in [6.07, 6.45) is 6.58. The third kappa shape index (κ3) is 6.29. The highest BCUT2D eigenvalue weighted by atomic mass is 16.5. The van der Waals surface area contributed by atoms with Gasteiger partial charge in [0.25, 0.3) is 0 Å². The van der Waals surface area contributed by atoms with Gasteiger partial charge in [-0.3, -0.25) is 4.79 Å². The zero-order chi connectivity index (χ0) is 16.4. The van der Waals surface area contributed by atoms with Crippen molar-refractivity contribution in [2.24, 2.45) is 5.73 Å². The number of terminal acetylenes is 1. The number of unbranched alkanes of at least 4 members (excludes halogenated alkanes) is 1. The van der Waals surface area contributed by atoms with Gasteiger partial charge >= 0.3 is 11.9 Å². The molecule has 1 unspecified atom stereocenters. The van der Waals surface area contributed by atoms with Crippen LogP contribution in [0.4, 0.5) is 0 Å². The van der Waals surface area contributed by atoms with Crippen LogP contribution >= 0.6 is 0 Å². The van der Waals surface area contributed by atoms with Gasteiger partial charge in [0.2, 0.25) is 0 Å². The summed E-state index contributed by atoms with van der Waals surface area (Å²) in [5.41, 5.74) is 5.78. The van der Waals surface area contributed by atoms with E-state index in [0.29, 0.717) is 30.6 Å². The molecule has 3 N–H and O–H groups in total. The van der Waals surface area contributed by atoms with Crippen LogP contribution in [-0.4, -0.2) is 36.3 Å². The molecule has 0 bridgehead atoms. The van der Waals surface area contributed by atoms with Gasteiger partial charge in [-0.15, -0.1) is 6.42 Å². The molecule has 6 nitrogen and oxygen atoms in total. The van der Waals surface area contributed by atoms with Crippen LogP contribution in [0.25, 0.3) is 0 Å². The number of carbonyl (C=O) groups is 2. The number of nitrogens with two attached hydrogens (primary N) is 1. The van der Waals surface area contributed by atoms with Crippen molar-refractivity contribution in [2.75, 3.05) is 13.2 Å². The van der Waals surface area contributed by atoms with E-state index in [4.69, 9.17) is 26.7 Å². The number of ether oxygens (including phenoxy) is 2. The number of aliphatic carboxylic acids is 1. The Hall–Kier alpha value is -2.52. The van der Waals surface area contributed by atoms with Crippen molar-refractivity contribution in [3.63, 3.8) is 0 Å². The molecule has 1 atom stereocenters. The molecule has 0 aliphatic rings. The van der Waals surface area contributed by atoms with Crippen LogP contribution < -0.4 is 10.5 Å². The number of carbonyl (C=O) groups excluding carboxylic acids is 1. The zero-order valence-electron chi connectivity index (χ0n) is 12.2. The Bertz CT molecular complexity index is 532. The maximum atomic E-state index is 11.8. The number of carboxylic acid groups (broad SMARTS) is 1. The van der Waals surface area contributed by atoms with E-state index in [-0.39, 0.29) is 13.2 Å². The second-order valence-corrected chi connectivity index (χ2v) is 4.59. The SMILES string of the molecule is C#CCOc1ccc(C(=O)OCCCCC(N)C(=O)O)cc1. The summed E-state index contributed by atoms with van der Waals surface area (Å²) < 4.78 is 10.3. The molecule has 0 heterocycles. The van der Waals surface area contributed by atoms with Gasteiger partial charge in [0.1, 0.15) is 18.4 Å². The van der Waals surface area contributed by atoms with E-state index >= 15 is 0 Å². The first-order valence-electron chi connectivity index (χ1n) is 6.86. The van der Waals surface area contributed by atoms with E-state index in [1.165, 1.54) is 0 Å². The molecule has 1 rings (SSSR count). The number of hydrogen-bond acceptors (Lipinski definition) is 5. The fourth-order valence-electron chi connectivity index (χ4n) is 1.65. The van der Waals surface area contributed by atoms with Gasteiger partial charge in [-0.2, -0.15) is 0 Å². The minimum atomic E-state index is -1.02. The summed E-state index contributed by atoms with van der Waals surface area (Å²) >= 11 is 0. The summed E-state index contributed by atoms with van der Waals surface area (Å²) in [5.74, 6) is 1.47. The third-order valence-corrected chi connectivity index (χ3v) is 2.87. The summed E-state index contributed by atoms with van der Waals surface area (Å²) in [4.78, 5) is 22.3. The van der Waals surface area contributed by atoms with E-state index in [0.717, 1.165) is 0 Å². The van der Waals surface area contributed by atoms with Crippen molar-refractivity contribution >= 4 is 11.9 Å². The predicted molar refractivity (Wildman–Crippen MR) is 80.5 cm³/mol. The van der Waals surface area contributed by atoms with E-state index in [9.17, 15) is 9.59 Å². The van der Waals surface area contributed by atoms with E-state index in [2.05, 4.69) is 5.92 Å². The van der Waals surface area contributed by atoms with Crippen LogP contribution in [0.3, 0.4) is 0 Å². The Morgan fingerprint density at radius 1 is 1.27 bits per heavy atom. The first-order valence-corrected chi connectivity index (χ1v) is 6.86. The lowest BCUT2D eigenvalue weighted by molar-refractivity contribution is -0.138. The molecular weight excluding hydrogens is 286 g/mol. The molecule has 1 aromatic rings. The van der Waals surface area contributed by atoms with Crippen molar-refractivity contribution in [3.05, 3.63) is 29.8 Å². The number of rotatable bonds is 9.